The molecule has 0 aromatic heterocycles. The summed E-state index contributed by atoms with van der Waals surface area (Å²) in [5, 5.41) is -0.615. The number of hydrogen-bond acceptors (Lipinski definition) is 4. The van der Waals surface area contributed by atoms with Gasteiger partial charge in [-0.15, -0.1) is 0 Å². The first-order valence-electron chi connectivity index (χ1n) is 4.78. The maximum absolute atomic E-state index is 11.1. The number of nitrogens with zero attached hydrogens (tertiary/aromatic N) is 1. The summed E-state index contributed by atoms with van der Waals surface area (Å²) in [4.78, 5) is 12.4. The average molecular weight is 260 g/mol. The van der Waals surface area contributed by atoms with Gasteiger partial charge in [-0.25, -0.2) is 0 Å². The molecule has 17 heavy (non-hydrogen) atoms. The van der Waals surface area contributed by atoms with Crippen molar-refractivity contribution in [1.29, 1.82) is 0 Å². The Bertz CT molecular complexity index is 422. The molecule has 0 aliphatic heterocycles. The average Bonchev–Trinajstić information content (AvgIpc) is 2.35. The van der Waals surface area contributed by atoms with E-state index in [2.05, 4.69) is 0 Å². The van der Waals surface area contributed by atoms with Crippen molar-refractivity contribution < 1.29 is 19.0 Å². The largest absolute Gasteiger partial charge is 0.494 e. The Balaban J connectivity index is 3.33. The van der Waals surface area contributed by atoms with Crippen molar-refractivity contribution in [2.75, 3.05) is 33.3 Å². The third-order valence-corrected chi connectivity index (χ3v) is 2.56. The van der Waals surface area contributed by atoms with E-state index in [4.69, 9.17) is 25.8 Å². The van der Waals surface area contributed by atoms with E-state index in [1.165, 1.54) is 26.2 Å². The zero-order chi connectivity index (χ0) is 13.0. The summed E-state index contributed by atoms with van der Waals surface area (Å²) in [6.45, 7) is 0. The molecule has 0 aliphatic carbocycles. The molecule has 0 saturated heterocycles. The maximum atomic E-state index is 11.1. The van der Waals surface area contributed by atoms with Gasteiger partial charge >= 0.3 is 5.37 Å². The van der Waals surface area contributed by atoms with Crippen LogP contribution in [0.3, 0.4) is 0 Å². The molecule has 5 nitrogen and oxygen atoms in total. The van der Waals surface area contributed by atoms with E-state index in [0.29, 0.717) is 22.9 Å². The van der Waals surface area contributed by atoms with Gasteiger partial charge in [0, 0.05) is 19.2 Å². The molecule has 0 aliphatic rings. The van der Waals surface area contributed by atoms with E-state index in [-0.39, 0.29) is 0 Å². The van der Waals surface area contributed by atoms with Gasteiger partial charge < -0.3 is 14.2 Å². The lowest BCUT2D eigenvalue weighted by Crippen LogP contribution is -2.20. The SMILES string of the molecule is COc1cc(OC)c(N(C)C(=O)Cl)cc1OC. The van der Waals surface area contributed by atoms with Crippen LogP contribution in [0.25, 0.3) is 0 Å². The van der Waals surface area contributed by atoms with Gasteiger partial charge in [-0.3, -0.25) is 9.69 Å². The summed E-state index contributed by atoms with van der Waals surface area (Å²) >= 11 is 5.42. The molecule has 1 aromatic carbocycles. The fourth-order valence-electron chi connectivity index (χ4n) is 1.37. The van der Waals surface area contributed by atoms with Crippen LogP contribution in [-0.2, 0) is 0 Å². The number of ether oxygens (including phenoxy) is 3. The molecule has 94 valence electrons. The molecule has 0 unspecified atom stereocenters. The molecule has 1 aromatic rings. The van der Waals surface area contributed by atoms with Crippen LogP contribution in [-0.4, -0.2) is 33.7 Å². The predicted molar refractivity (Wildman–Crippen MR) is 65.8 cm³/mol. The highest BCUT2D eigenvalue weighted by atomic mass is 35.5. The number of carbonyl (C=O) groups is 1. The first-order valence-corrected chi connectivity index (χ1v) is 5.16. The quantitative estimate of drug-likeness (QED) is 0.616. The van der Waals surface area contributed by atoms with Crippen LogP contribution in [0, 0.1) is 0 Å². The molecular weight excluding hydrogens is 246 g/mol. The second-order valence-electron chi connectivity index (χ2n) is 3.19. The number of carbonyl (C=O) groups excluding carboxylic acids is 1. The molecular formula is C11H14ClNO4. The monoisotopic (exact) mass is 259 g/mol. The number of amides is 1. The van der Waals surface area contributed by atoms with E-state index in [9.17, 15) is 4.79 Å². The third-order valence-electron chi connectivity index (χ3n) is 2.31. The van der Waals surface area contributed by atoms with Crippen LogP contribution >= 0.6 is 11.6 Å². The number of benzene rings is 1. The lowest BCUT2D eigenvalue weighted by molar-refractivity contribution is 0.265. The van der Waals surface area contributed by atoms with Gasteiger partial charge in [-0.05, 0) is 11.6 Å². The molecule has 6 heteroatoms. The Morgan fingerprint density at radius 3 is 1.94 bits per heavy atom. The molecule has 1 amide bonds. The van der Waals surface area contributed by atoms with E-state index >= 15 is 0 Å². The van der Waals surface area contributed by atoms with E-state index < -0.39 is 5.37 Å². The second kappa shape index (κ2) is 5.63. The van der Waals surface area contributed by atoms with Crippen molar-refractivity contribution in [3.8, 4) is 17.2 Å². The van der Waals surface area contributed by atoms with Crippen LogP contribution in [0.15, 0.2) is 12.1 Å². The Morgan fingerprint density at radius 1 is 1.06 bits per heavy atom. The minimum atomic E-state index is -0.615. The molecule has 0 heterocycles. The van der Waals surface area contributed by atoms with Crippen molar-refractivity contribution in [3.63, 3.8) is 0 Å². The fraction of sp³-hybridized carbons (Fsp3) is 0.364. The van der Waals surface area contributed by atoms with Gasteiger partial charge in [0.15, 0.2) is 11.5 Å². The Morgan fingerprint density at radius 2 is 1.53 bits per heavy atom. The molecule has 0 spiro atoms. The van der Waals surface area contributed by atoms with E-state index in [1.54, 1.807) is 19.2 Å². The Hall–Kier alpha value is -1.62. The van der Waals surface area contributed by atoms with Gasteiger partial charge in [0.05, 0.1) is 27.0 Å². The van der Waals surface area contributed by atoms with Gasteiger partial charge in [0.1, 0.15) is 5.75 Å². The molecule has 0 saturated carbocycles. The molecule has 0 atom stereocenters. The minimum absolute atomic E-state index is 0.471. The van der Waals surface area contributed by atoms with Crippen LogP contribution < -0.4 is 19.1 Å². The summed E-state index contributed by atoms with van der Waals surface area (Å²) in [7, 11) is 6.07. The molecule has 0 N–H and O–H groups in total. The van der Waals surface area contributed by atoms with E-state index in [0.717, 1.165) is 0 Å². The number of methoxy groups -OCH3 is 3. The molecule has 0 radical (unpaired) electrons. The molecule has 0 fully saturated rings. The predicted octanol–water partition coefficient (Wildman–Crippen LogP) is 2.51. The molecule has 1 rings (SSSR count). The third kappa shape index (κ3) is 2.74. The van der Waals surface area contributed by atoms with Crippen LogP contribution in [0.1, 0.15) is 0 Å². The van der Waals surface area contributed by atoms with Crippen LogP contribution in [0.4, 0.5) is 10.5 Å². The first-order chi connectivity index (χ1) is 8.04. The van der Waals surface area contributed by atoms with Crippen molar-refractivity contribution in [1.82, 2.24) is 0 Å². The highest BCUT2D eigenvalue weighted by molar-refractivity contribution is 6.66. The lowest BCUT2D eigenvalue weighted by Gasteiger charge is -2.19. The topological polar surface area (TPSA) is 48.0 Å². The number of hydrogen-bond donors (Lipinski definition) is 0. The summed E-state index contributed by atoms with van der Waals surface area (Å²) in [5.41, 5.74) is 0.505. The second-order valence-corrected chi connectivity index (χ2v) is 3.51. The van der Waals surface area contributed by atoms with Gasteiger partial charge in [-0.1, -0.05) is 0 Å². The number of halogens is 1. The Labute approximate surface area is 105 Å². The minimum Gasteiger partial charge on any atom is -0.494 e. The van der Waals surface area contributed by atoms with E-state index in [1.807, 2.05) is 0 Å². The summed E-state index contributed by atoms with van der Waals surface area (Å²) in [6.07, 6.45) is 0. The first kappa shape index (κ1) is 13.4. The lowest BCUT2D eigenvalue weighted by atomic mass is 10.2. The van der Waals surface area contributed by atoms with Crippen molar-refractivity contribution in [2.24, 2.45) is 0 Å². The van der Waals surface area contributed by atoms with Gasteiger partial charge in [-0.2, -0.15) is 0 Å². The Kier molecular flexibility index (Phi) is 4.45. The normalized spacial score (nSPS) is 9.71. The zero-order valence-corrected chi connectivity index (χ0v) is 10.9. The maximum Gasteiger partial charge on any atom is 0.320 e. The highest BCUT2D eigenvalue weighted by Crippen LogP contribution is 2.39. The van der Waals surface area contributed by atoms with Crippen molar-refractivity contribution >= 4 is 22.7 Å². The summed E-state index contributed by atoms with van der Waals surface area (Å²) < 4.78 is 15.4. The number of anilines is 1. The highest BCUT2D eigenvalue weighted by Gasteiger charge is 2.17. The fourth-order valence-corrected chi connectivity index (χ4v) is 1.46. The van der Waals surface area contributed by atoms with Crippen LogP contribution in [0.5, 0.6) is 17.2 Å². The summed E-state index contributed by atoms with van der Waals surface area (Å²) in [5.74, 6) is 1.48. The van der Waals surface area contributed by atoms with Gasteiger partial charge in [0.25, 0.3) is 0 Å². The standard InChI is InChI=1S/C11H14ClNO4/c1-13(11(12)14)7-5-9(16-3)10(17-4)6-8(7)15-2/h5-6H,1-4H3. The van der Waals surface area contributed by atoms with Crippen molar-refractivity contribution in [3.05, 3.63) is 12.1 Å². The van der Waals surface area contributed by atoms with Crippen LogP contribution in [0.2, 0.25) is 0 Å². The summed E-state index contributed by atoms with van der Waals surface area (Å²) in [6, 6.07) is 3.25. The smallest absolute Gasteiger partial charge is 0.320 e. The van der Waals surface area contributed by atoms with Crippen molar-refractivity contribution in [2.45, 2.75) is 0 Å². The van der Waals surface area contributed by atoms with Gasteiger partial charge in [0.2, 0.25) is 0 Å². The zero-order valence-electron chi connectivity index (χ0n) is 10.1. The number of rotatable bonds is 4. The molecule has 0 bridgehead atoms.